The van der Waals surface area contributed by atoms with Crippen LogP contribution in [0.4, 0.5) is 5.69 Å². The molecular weight excluding hydrogens is 386 g/mol. The maximum atomic E-state index is 6.17. The molecule has 31 heavy (non-hydrogen) atoms. The number of aryl methyl sites for hydroxylation is 3. The van der Waals surface area contributed by atoms with Crippen molar-refractivity contribution >= 4 is 11.6 Å². The summed E-state index contributed by atoms with van der Waals surface area (Å²) in [6, 6.07) is 21.5. The van der Waals surface area contributed by atoms with Crippen LogP contribution in [0.15, 0.2) is 83.6 Å². The summed E-state index contributed by atoms with van der Waals surface area (Å²) in [5.74, 6) is 2.63. The summed E-state index contributed by atoms with van der Waals surface area (Å²) in [5, 5.41) is 0. The molecule has 0 radical (unpaired) electrons. The van der Waals surface area contributed by atoms with E-state index >= 15 is 0 Å². The number of ether oxygens (including phenoxy) is 3. The molecule has 3 rings (SSSR count). The van der Waals surface area contributed by atoms with Crippen molar-refractivity contribution in [3.8, 4) is 17.2 Å². The maximum Gasteiger partial charge on any atom is 0.225 e. The number of nitrogens with zero attached hydrogens (tertiary/aromatic N) is 1. The lowest BCUT2D eigenvalue weighted by Gasteiger charge is -2.12. The second-order valence-electron chi connectivity index (χ2n) is 7.43. The van der Waals surface area contributed by atoms with Gasteiger partial charge in [-0.2, -0.15) is 0 Å². The van der Waals surface area contributed by atoms with E-state index in [1.807, 2.05) is 81.4 Å². The third-order valence-electron chi connectivity index (χ3n) is 4.75. The van der Waals surface area contributed by atoms with Gasteiger partial charge < -0.3 is 14.2 Å². The van der Waals surface area contributed by atoms with E-state index in [4.69, 9.17) is 19.2 Å². The van der Waals surface area contributed by atoms with E-state index in [1.54, 1.807) is 6.26 Å². The Morgan fingerprint density at radius 2 is 1.58 bits per heavy atom. The van der Waals surface area contributed by atoms with Crippen molar-refractivity contribution in [3.63, 3.8) is 0 Å². The van der Waals surface area contributed by atoms with E-state index < -0.39 is 0 Å². The minimum atomic E-state index is 0.463. The second-order valence-corrected chi connectivity index (χ2v) is 7.43. The van der Waals surface area contributed by atoms with Crippen molar-refractivity contribution in [2.45, 2.75) is 34.6 Å². The van der Waals surface area contributed by atoms with Crippen LogP contribution in [0.2, 0.25) is 0 Å². The molecule has 0 aliphatic rings. The first kappa shape index (κ1) is 22.2. The van der Waals surface area contributed by atoms with Crippen molar-refractivity contribution < 1.29 is 14.2 Å². The van der Waals surface area contributed by atoms with Gasteiger partial charge in [-0.3, -0.25) is 0 Å². The van der Waals surface area contributed by atoms with Crippen molar-refractivity contribution in [2.75, 3.05) is 6.61 Å². The first-order valence-corrected chi connectivity index (χ1v) is 10.4. The summed E-state index contributed by atoms with van der Waals surface area (Å²) in [6.45, 7) is 10.7. The molecule has 4 nitrogen and oxygen atoms in total. The normalized spacial score (nSPS) is 11.9. The van der Waals surface area contributed by atoms with Gasteiger partial charge in [0.25, 0.3) is 0 Å². The van der Waals surface area contributed by atoms with Crippen LogP contribution < -0.4 is 14.2 Å². The summed E-state index contributed by atoms with van der Waals surface area (Å²) in [4.78, 5) is 4.77. The van der Waals surface area contributed by atoms with Crippen LogP contribution in [0.1, 0.15) is 30.5 Å². The van der Waals surface area contributed by atoms with Gasteiger partial charge in [-0.05, 0) is 87.7 Å². The van der Waals surface area contributed by atoms with Crippen LogP contribution in [0.25, 0.3) is 0 Å². The zero-order valence-corrected chi connectivity index (χ0v) is 18.8. The van der Waals surface area contributed by atoms with Crippen molar-refractivity contribution in [1.82, 2.24) is 0 Å². The first-order valence-electron chi connectivity index (χ1n) is 10.4. The number of benzene rings is 3. The highest BCUT2D eigenvalue weighted by atomic mass is 16.5. The van der Waals surface area contributed by atoms with E-state index in [0.717, 1.165) is 28.3 Å². The monoisotopic (exact) mass is 415 g/mol. The second kappa shape index (κ2) is 10.5. The molecule has 0 bridgehead atoms. The number of rotatable bonds is 7. The highest BCUT2D eigenvalue weighted by Crippen LogP contribution is 2.24. The van der Waals surface area contributed by atoms with Gasteiger partial charge in [0.05, 0.1) is 18.6 Å². The van der Waals surface area contributed by atoms with Crippen LogP contribution in [-0.4, -0.2) is 12.5 Å². The third-order valence-corrected chi connectivity index (χ3v) is 4.75. The van der Waals surface area contributed by atoms with E-state index in [1.165, 1.54) is 11.1 Å². The Morgan fingerprint density at radius 1 is 0.839 bits per heavy atom. The van der Waals surface area contributed by atoms with Crippen LogP contribution in [-0.2, 0) is 0 Å². The lowest BCUT2D eigenvalue weighted by atomic mass is 10.1. The summed E-state index contributed by atoms with van der Waals surface area (Å²) < 4.78 is 17.6. The van der Waals surface area contributed by atoms with Gasteiger partial charge in [0.15, 0.2) is 0 Å². The summed E-state index contributed by atoms with van der Waals surface area (Å²) in [7, 11) is 0. The van der Waals surface area contributed by atoms with Gasteiger partial charge >= 0.3 is 0 Å². The molecule has 0 fully saturated rings. The molecule has 0 heterocycles. The fraction of sp³-hybridized carbons (Fsp3) is 0.222. The molecular formula is C27H29NO3. The molecule has 0 aliphatic carbocycles. The average molecular weight is 416 g/mol. The van der Waals surface area contributed by atoms with E-state index in [2.05, 4.69) is 19.9 Å². The molecule has 160 valence electrons. The Bertz CT molecular complexity index is 1100. The first-order chi connectivity index (χ1) is 14.9. The minimum absolute atomic E-state index is 0.463. The molecule has 0 saturated carbocycles. The Morgan fingerprint density at radius 3 is 2.32 bits per heavy atom. The molecule has 0 N–H and O–H groups in total. The van der Waals surface area contributed by atoms with Gasteiger partial charge in [-0.15, -0.1) is 0 Å². The van der Waals surface area contributed by atoms with Crippen LogP contribution in [0.5, 0.6) is 17.2 Å². The SMILES string of the molecule is CCOc1cccc(OC(=Nc2ccc(C)c(C)c2)C(C)=COc2cccc(C)c2)c1. The minimum Gasteiger partial charge on any atom is -0.494 e. The highest BCUT2D eigenvalue weighted by Gasteiger charge is 2.09. The molecule has 3 aromatic carbocycles. The molecule has 0 saturated heterocycles. The Balaban J connectivity index is 1.92. The fourth-order valence-electron chi connectivity index (χ4n) is 2.91. The molecule has 0 unspecified atom stereocenters. The van der Waals surface area contributed by atoms with E-state index in [0.29, 0.717) is 18.3 Å². The Labute approximate surface area is 184 Å². The van der Waals surface area contributed by atoms with Gasteiger partial charge in [-0.1, -0.05) is 24.3 Å². The van der Waals surface area contributed by atoms with Gasteiger partial charge in [-0.25, -0.2) is 4.99 Å². The summed E-state index contributed by atoms with van der Waals surface area (Å²) in [6.07, 6.45) is 1.67. The number of hydrogen-bond acceptors (Lipinski definition) is 4. The van der Waals surface area contributed by atoms with E-state index in [-0.39, 0.29) is 0 Å². The predicted octanol–water partition coefficient (Wildman–Crippen LogP) is 7.10. The quantitative estimate of drug-likeness (QED) is 0.235. The van der Waals surface area contributed by atoms with Crippen LogP contribution in [0, 0.1) is 20.8 Å². The standard InChI is InChI=1S/C27H29NO3/c1-6-29-25-11-8-12-26(17-25)31-27(28-23-14-13-20(3)21(4)16-23)22(5)18-30-24-10-7-9-19(2)15-24/h7-18H,6H2,1-5H3. The Hall–Kier alpha value is -3.53. The lowest BCUT2D eigenvalue weighted by molar-refractivity contribution is 0.339. The average Bonchev–Trinajstić information content (AvgIpc) is 2.75. The maximum absolute atomic E-state index is 6.17. The molecule has 0 atom stereocenters. The molecule has 0 amide bonds. The zero-order chi connectivity index (χ0) is 22.2. The predicted molar refractivity (Wildman–Crippen MR) is 127 cm³/mol. The number of hydrogen-bond donors (Lipinski definition) is 0. The zero-order valence-electron chi connectivity index (χ0n) is 18.8. The van der Waals surface area contributed by atoms with Crippen molar-refractivity contribution in [1.29, 1.82) is 0 Å². The van der Waals surface area contributed by atoms with Crippen molar-refractivity contribution in [2.24, 2.45) is 4.99 Å². The molecule has 0 aromatic heterocycles. The highest BCUT2D eigenvalue weighted by molar-refractivity contribution is 5.96. The van der Waals surface area contributed by atoms with E-state index in [9.17, 15) is 0 Å². The molecule has 0 spiro atoms. The molecule has 4 heteroatoms. The van der Waals surface area contributed by atoms with Gasteiger partial charge in [0.1, 0.15) is 17.2 Å². The number of aliphatic imine (C=N–C) groups is 1. The topological polar surface area (TPSA) is 40.0 Å². The fourth-order valence-corrected chi connectivity index (χ4v) is 2.91. The smallest absolute Gasteiger partial charge is 0.225 e. The summed E-state index contributed by atoms with van der Waals surface area (Å²) >= 11 is 0. The third kappa shape index (κ3) is 6.48. The largest absolute Gasteiger partial charge is 0.494 e. The van der Waals surface area contributed by atoms with Crippen LogP contribution in [0.3, 0.4) is 0 Å². The van der Waals surface area contributed by atoms with Crippen LogP contribution >= 0.6 is 0 Å². The van der Waals surface area contributed by atoms with Gasteiger partial charge in [0.2, 0.25) is 5.90 Å². The van der Waals surface area contributed by atoms with Crippen molar-refractivity contribution in [3.05, 3.63) is 95.3 Å². The molecule has 0 aliphatic heterocycles. The Kier molecular flexibility index (Phi) is 7.50. The summed E-state index contributed by atoms with van der Waals surface area (Å²) in [5.41, 5.74) is 5.12. The molecule has 3 aromatic rings. The lowest BCUT2D eigenvalue weighted by Crippen LogP contribution is -2.11. The van der Waals surface area contributed by atoms with Gasteiger partial charge in [0, 0.05) is 11.6 Å².